The lowest BCUT2D eigenvalue weighted by Gasteiger charge is -2.48. The van der Waals surface area contributed by atoms with Crippen molar-refractivity contribution in [1.29, 1.82) is 0 Å². The summed E-state index contributed by atoms with van der Waals surface area (Å²) >= 11 is 0. The molecule has 0 saturated carbocycles. The molecular weight excluding hydrogens is 336 g/mol. The van der Waals surface area contributed by atoms with Crippen molar-refractivity contribution in [1.82, 2.24) is 14.8 Å². The molecule has 0 aliphatic carbocycles. The Bertz CT molecular complexity index is 602. The van der Waals surface area contributed by atoms with E-state index in [1.54, 1.807) is 11.1 Å². The predicted molar refractivity (Wildman–Crippen MR) is 83.7 cm³/mol. The fraction of sp³-hybridized carbons (Fsp3) is 0.750. The molecule has 25 heavy (non-hydrogen) atoms. The second-order valence-electron chi connectivity index (χ2n) is 6.66. The third-order valence-corrected chi connectivity index (χ3v) is 4.86. The number of carbonyl (C=O) groups is 1. The summed E-state index contributed by atoms with van der Waals surface area (Å²) in [5, 5.41) is 9.11. The van der Waals surface area contributed by atoms with Crippen molar-refractivity contribution in [2.75, 3.05) is 32.7 Å². The number of nitrogens with zero attached hydrogens (tertiary/aromatic N) is 3. The molecule has 1 aromatic rings. The first kappa shape index (κ1) is 18.1. The maximum atomic E-state index is 12.9. The molecule has 140 valence electrons. The van der Waals surface area contributed by atoms with Crippen molar-refractivity contribution in [3.8, 4) is 0 Å². The molecule has 2 saturated heterocycles. The topological polar surface area (TPSA) is 79.0 Å². The van der Waals surface area contributed by atoms with Gasteiger partial charge in [-0.25, -0.2) is 18.6 Å². The van der Waals surface area contributed by atoms with Crippen molar-refractivity contribution in [3.05, 3.63) is 17.8 Å². The number of aromatic nitrogens is 1. The normalized spacial score (nSPS) is 24.2. The van der Waals surface area contributed by atoms with Gasteiger partial charge in [-0.3, -0.25) is 4.90 Å². The molecule has 1 aromatic heterocycles. The third-order valence-electron chi connectivity index (χ3n) is 4.86. The number of piperidine rings is 1. The molecule has 1 amide bonds. The van der Waals surface area contributed by atoms with Gasteiger partial charge in [-0.2, -0.15) is 0 Å². The van der Waals surface area contributed by atoms with Crippen molar-refractivity contribution in [2.24, 2.45) is 0 Å². The molecule has 0 bridgehead atoms. The van der Waals surface area contributed by atoms with Gasteiger partial charge in [0.1, 0.15) is 11.9 Å². The van der Waals surface area contributed by atoms with Crippen LogP contribution in [0.2, 0.25) is 0 Å². The van der Waals surface area contributed by atoms with E-state index in [1.165, 1.54) is 4.90 Å². The molecule has 9 heteroatoms. The molecule has 1 N–H and O–H groups in total. The summed E-state index contributed by atoms with van der Waals surface area (Å²) in [6.07, 6.45) is -0.668. The average Bonchev–Trinajstić information content (AvgIpc) is 3.03. The number of carboxylic acid groups (broad SMARTS) is 1. The van der Waals surface area contributed by atoms with Crippen LogP contribution in [0, 0.1) is 0 Å². The molecule has 7 nitrogen and oxygen atoms in total. The summed E-state index contributed by atoms with van der Waals surface area (Å²) in [6.45, 7) is 2.91. The number of hydrogen-bond donors (Lipinski definition) is 1. The van der Waals surface area contributed by atoms with Crippen molar-refractivity contribution >= 4 is 6.09 Å². The lowest BCUT2D eigenvalue weighted by atomic mass is 9.88. The largest absolute Gasteiger partial charge is 0.465 e. The van der Waals surface area contributed by atoms with E-state index in [1.807, 2.05) is 6.92 Å². The Balaban J connectivity index is 1.77. The fourth-order valence-corrected chi connectivity index (χ4v) is 3.56. The Hall–Kier alpha value is -1.74. The van der Waals surface area contributed by atoms with Gasteiger partial charge in [-0.1, -0.05) is 6.92 Å². The molecule has 1 unspecified atom stereocenters. The lowest BCUT2D eigenvalue weighted by molar-refractivity contribution is -0.186. The monoisotopic (exact) mass is 359 g/mol. The predicted octanol–water partition coefficient (Wildman–Crippen LogP) is 2.39. The third kappa shape index (κ3) is 4.09. The summed E-state index contributed by atoms with van der Waals surface area (Å²) in [5.41, 5.74) is -0.648. The van der Waals surface area contributed by atoms with Gasteiger partial charge in [0, 0.05) is 32.6 Å². The van der Waals surface area contributed by atoms with Crippen LogP contribution in [0.1, 0.15) is 37.5 Å². The van der Waals surface area contributed by atoms with Gasteiger partial charge in [-0.15, -0.1) is 0 Å². The van der Waals surface area contributed by atoms with E-state index >= 15 is 0 Å². The van der Waals surface area contributed by atoms with E-state index in [4.69, 9.17) is 14.3 Å². The van der Waals surface area contributed by atoms with Crippen molar-refractivity contribution in [2.45, 2.75) is 44.3 Å². The lowest BCUT2D eigenvalue weighted by Crippen LogP contribution is -2.58. The van der Waals surface area contributed by atoms with Crippen molar-refractivity contribution < 1.29 is 27.8 Å². The molecule has 2 aliphatic heterocycles. The van der Waals surface area contributed by atoms with Crippen LogP contribution < -0.4 is 0 Å². The maximum absolute atomic E-state index is 12.9. The quantitative estimate of drug-likeness (QED) is 0.889. The van der Waals surface area contributed by atoms with Crippen LogP contribution in [0.15, 0.2) is 10.6 Å². The van der Waals surface area contributed by atoms with Gasteiger partial charge in [0.15, 0.2) is 0 Å². The molecule has 1 spiro atoms. The van der Waals surface area contributed by atoms with E-state index in [0.29, 0.717) is 51.3 Å². The first-order chi connectivity index (χ1) is 11.9. The zero-order chi connectivity index (χ0) is 18.0. The zero-order valence-electron chi connectivity index (χ0n) is 14.2. The minimum atomic E-state index is -2.44. The smallest absolute Gasteiger partial charge is 0.407 e. The number of ether oxygens (including phenoxy) is 1. The van der Waals surface area contributed by atoms with E-state index < -0.39 is 24.2 Å². The molecule has 3 rings (SSSR count). The highest BCUT2D eigenvalue weighted by atomic mass is 19.3. The first-order valence-electron chi connectivity index (χ1n) is 8.51. The minimum Gasteiger partial charge on any atom is -0.465 e. The second kappa shape index (κ2) is 7.25. The van der Waals surface area contributed by atoms with Gasteiger partial charge in [0.05, 0.1) is 18.3 Å². The summed E-state index contributed by atoms with van der Waals surface area (Å²) in [6, 6.07) is 0. The highest BCUT2D eigenvalue weighted by Crippen LogP contribution is 2.37. The summed E-state index contributed by atoms with van der Waals surface area (Å²) in [5.74, 6) is 1.12. The maximum Gasteiger partial charge on any atom is 0.407 e. The van der Waals surface area contributed by atoms with Gasteiger partial charge >= 0.3 is 6.09 Å². The Morgan fingerprint density at radius 3 is 2.76 bits per heavy atom. The van der Waals surface area contributed by atoms with Gasteiger partial charge in [0.2, 0.25) is 5.89 Å². The molecule has 0 aromatic carbocycles. The summed E-state index contributed by atoms with van der Waals surface area (Å²) in [4.78, 5) is 18.3. The van der Waals surface area contributed by atoms with E-state index in [-0.39, 0.29) is 6.54 Å². The highest BCUT2D eigenvalue weighted by molar-refractivity contribution is 5.65. The van der Waals surface area contributed by atoms with Gasteiger partial charge in [0.25, 0.3) is 6.43 Å². The second-order valence-corrected chi connectivity index (χ2v) is 6.66. The van der Waals surface area contributed by atoms with Gasteiger partial charge in [-0.05, 0) is 12.8 Å². The number of oxazole rings is 1. The Morgan fingerprint density at radius 2 is 2.20 bits per heavy atom. The Labute approximate surface area is 144 Å². The average molecular weight is 359 g/mol. The number of hydrogen-bond acceptors (Lipinski definition) is 5. The van der Waals surface area contributed by atoms with Crippen LogP contribution in [-0.2, 0) is 11.2 Å². The van der Waals surface area contributed by atoms with E-state index in [2.05, 4.69) is 4.98 Å². The van der Waals surface area contributed by atoms with Crippen LogP contribution in [0.25, 0.3) is 0 Å². The zero-order valence-corrected chi connectivity index (χ0v) is 14.2. The Kier molecular flexibility index (Phi) is 5.24. The fourth-order valence-electron chi connectivity index (χ4n) is 3.56. The number of amides is 1. The SMILES string of the molecule is CCc1cnc(C2CN(CC(F)F)CC3(CCN(C(=O)O)CC3)O2)o1. The van der Waals surface area contributed by atoms with Crippen LogP contribution in [-0.4, -0.2) is 70.7 Å². The standard InChI is InChI=1S/C16H23F2N3O4/c1-2-11-7-19-14(24-11)12-8-20(9-13(17)18)10-16(25-12)3-5-21(6-4-16)15(22)23/h7,12-13H,2-6,8-10H2,1H3,(H,22,23). The summed E-state index contributed by atoms with van der Waals surface area (Å²) in [7, 11) is 0. The van der Waals surface area contributed by atoms with E-state index in [9.17, 15) is 13.6 Å². The first-order valence-corrected chi connectivity index (χ1v) is 8.51. The number of halogens is 2. The molecular formula is C16H23F2N3O4. The minimum absolute atomic E-state index is 0.290. The van der Waals surface area contributed by atoms with Crippen LogP contribution in [0.4, 0.5) is 13.6 Å². The van der Waals surface area contributed by atoms with Crippen LogP contribution >= 0.6 is 0 Å². The number of likely N-dealkylation sites (tertiary alicyclic amines) is 1. The number of morpholine rings is 1. The molecule has 1 atom stereocenters. The molecule has 3 heterocycles. The van der Waals surface area contributed by atoms with Crippen molar-refractivity contribution in [3.63, 3.8) is 0 Å². The number of aryl methyl sites for hydroxylation is 1. The molecule has 2 fully saturated rings. The number of rotatable bonds is 4. The van der Waals surface area contributed by atoms with Crippen LogP contribution in [0.5, 0.6) is 0 Å². The summed E-state index contributed by atoms with van der Waals surface area (Å²) < 4.78 is 37.7. The number of alkyl halides is 2. The Morgan fingerprint density at radius 1 is 1.48 bits per heavy atom. The van der Waals surface area contributed by atoms with E-state index in [0.717, 1.165) is 5.76 Å². The van der Waals surface area contributed by atoms with Crippen LogP contribution in [0.3, 0.4) is 0 Å². The molecule has 2 aliphatic rings. The molecule has 0 radical (unpaired) electrons. The van der Waals surface area contributed by atoms with Gasteiger partial charge < -0.3 is 19.2 Å². The highest BCUT2D eigenvalue weighted by Gasteiger charge is 2.45.